The Kier molecular flexibility index (Phi) is 2.56. The summed E-state index contributed by atoms with van der Waals surface area (Å²) < 4.78 is 0. The molecule has 0 aliphatic heterocycles. The number of nitrogens with zero attached hydrogens (tertiary/aromatic N) is 3. The number of rotatable bonds is 3. The van der Waals surface area contributed by atoms with E-state index in [-0.39, 0.29) is 0 Å². The van der Waals surface area contributed by atoms with Crippen LogP contribution in [0.1, 0.15) is 0 Å². The van der Waals surface area contributed by atoms with E-state index in [0.717, 1.165) is 27.0 Å². The van der Waals surface area contributed by atoms with Crippen molar-refractivity contribution in [2.75, 3.05) is 0 Å². The summed E-state index contributed by atoms with van der Waals surface area (Å²) in [5, 5.41) is 1.67. The van der Waals surface area contributed by atoms with Gasteiger partial charge < -0.3 is 15.0 Å². The van der Waals surface area contributed by atoms with Crippen molar-refractivity contribution in [3.05, 3.63) is 42.9 Å². The number of H-pyrrole nitrogens is 3. The topological polar surface area (TPSA) is 86.0 Å². The predicted octanol–water partition coefficient (Wildman–Crippen LogP) is 2.83. The van der Waals surface area contributed by atoms with Crippen LogP contribution in [0.15, 0.2) is 53.0 Å². The summed E-state index contributed by atoms with van der Waals surface area (Å²) in [5.74, 6) is 1.44. The molecular weight excluding hydrogens is 272 g/mol. The normalized spacial score (nSPS) is 11.2. The highest BCUT2D eigenvalue weighted by Gasteiger charge is 2.09. The van der Waals surface area contributed by atoms with E-state index >= 15 is 0 Å². The average molecular weight is 282 g/mol. The highest BCUT2D eigenvalue weighted by molar-refractivity contribution is 7.99. The first-order valence-corrected chi connectivity index (χ1v) is 6.88. The van der Waals surface area contributed by atoms with E-state index in [1.807, 2.05) is 30.5 Å². The lowest BCUT2D eigenvalue weighted by Gasteiger charge is -1.90. The predicted molar refractivity (Wildman–Crippen MR) is 76.4 cm³/mol. The Morgan fingerprint density at radius 3 is 2.80 bits per heavy atom. The summed E-state index contributed by atoms with van der Waals surface area (Å²) >= 11 is 1.48. The first-order chi connectivity index (χ1) is 9.88. The molecule has 0 saturated carbocycles. The van der Waals surface area contributed by atoms with E-state index in [0.29, 0.717) is 5.82 Å². The fourth-order valence-corrected chi connectivity index (χ4v) is 2.71. The first kappa shape index (κ1) is 11.3. The van der Waals surface area contributed by atoms with Gasteiger partial charge in [-0.3, -0.25) is 0 Å². The summed E-state index contributed by atoms with van der Waals surface area (Å²) in [7, 11) is 0. The van der Waals surface area contributed by atoms with Gasteiger partial charge in [-0.1, -0.05) is 12.1 Å². The Bertz CT molecular complexity index is 812. The van der Waals surface area contributed by atoms with E-state index in [9.17, 15) is 0 Å². The van der Waals surface area contributed by atoms with E-state index in [2.05, 4.69) is 29.9 Å². The maximum absolute atomic E-state index is 4.51. The Hall–Kier alpha value is -2.54. The van der Waals surface area contributed by atoms with Crippen LogP contribution in [0.3, 0.4) is 0 Å². The molecule has 98 valence electrons. The molecule has 0 unspecified atom stereocenters. The molecule has 0 aliphatic carbocycles. The van der Waals surface area contributed by atoms with Gasteiger partial charge in [-0.2, -0.15) is 0 Å². The van der Waals surface area contributed by atoms with Crippen molar-refractivity contribution in [2.45, 2.75) is 10.2 Å². The molecule has 0 aliphatic rings. The fourth-order valence-electron chi connectivity index (χ4n) is 1.95. The monoisotopic (exact) mass is 282 g/mol. The van der Waals surface area contributed by atoms with E-state index in [1.165, 1.54) is 11.8 Å². The lowest BCUT2D eigenvalue weighted by molar-refractivity contribution is 1.07. The standard InChI is InChI=1S/C13H10N6S/c1-2-4-9-8(3-1)17-13(18-9)20-10-7-16-12(19-10)11-14-5-6-15-11/h1-7H,(H,14,15)(H,16,19)(H,17,18). The molecule has 0 spiro atoms. The molecule has 0 amide bonds. The van der Waals surface area contributed by atoms with Crippen LogP contribution in [-0.4, -0.2) is 29.9 Å². The second-order valence-corrected chi connectivity index (χ2v) is 5.20. The number of imidazole rings is 3. The lowest BCUT2D eigenvalue weighted by Crippen LogP contribution is -1.82. The first-order valence-electron chi connectivity index (χ1n) is 6.06. The molecule has 7 heteroatoms. The van der Waals surface area contributed by atoms with Crippen molar-refractivity contribution in [1.82, 2.24) is 29.9 Å². The number of aromatic nitrogens is 6. The molecular formula is C13H10N6S. The maximum Gasteiger partial charge on any atom is 0.174 e. The summed E-state index contributed by atoms with van der Waals surface area (Å²) in [6.45, 7) is 0. The SMILES string of the molecule is c1ccc2[nH]c(Sc3c[nH]c(-c4ncc[nH]4)n3)nc2c1. The summed E-state index contributed by atoms with van der Waals surface area (Å²) in [5.41, 5.74) is 1.98. The van der Waals surface area contributed by atoms with Crippen LogP contribution in [0, 0.1) is 0 Å². The molecule has 0 saturated heterocycles. The molecule has 6 nitrogen and oxygen atoms in total. The number of nitrogens with one attached hydrogen (secondary N) is 3. The maximum atomic E-state index is 4.51. The third kappa shape index (κ3) is 1.97. The molecule has 3 N–H and O–H groups in total. The molecule has 20 heavy (non-hydrogen) atoms. The van der Waals surface area contributed by atoms with Gasteiger partial charge >= 0.3 is 0 Å². The molecule has 0 radical (unpaired) electrons. The summed E-state index contributed by atoms with van der Waals surface area (Å²) in [6.07, 6.45) is 5.31. The van der Waals surface area contributed by atoms with Crippen LogP contribution in [-0.2, 0) is 0 Å². The van der Waals surface area contributed by atoms with Crippen molar-refractivity contribution in [2.24, 2.45) is 0 Å². The largest absolute Gasteiger partial charge is 0.342 e. The van der Waals surface area contributed by atoms with Gasteiger partial charge in [0.05, 0.1) is 11.0 Å². The van der Waals surface area contributed by atoms with Crippen molar-refractivity contribution in [3.63, 3.8) is 0 Å². The van der Waals surface area contributed by atoms with Crippen LogP contribution in [0.4, 0.5) is 0 Å². The molecule has 0 bridgehead atoms. The van der Waals surface area contributed by atoms with Crippen LogP contribution in [0.5, 0.6) is 0 Å². The number of hydrogen-bond acceptors (Lipinski definition) is 4. The lowest BCUT2D eigenvalue weighted by atomic mass is 10.3. The summed E-state index contributed by atoms with van der Waals surface area (Å²) in [6, 6.07) is 7.94. The minimum atomic E-state index is 0.716. The fraction of sp³-hybridized carbons (Fsp3) is 0. The zero-order valence-electron chi connectivity index (χ0n) is 10.3. The zero-order chi connectivity index (χ0) is 13.4. The number of para-hydroxylation sites is 2. The van der Waals surface area contributed by atoms with Gasteiger partial charge in [0.25, 0.3) is 0 Å². The summed E-state index contributed by atoms with van der Waals surface area (Å²) in [4.78, 5) is 22.5. The van der Waals surface area contributed by atoms with Crippen LogP contribution in [0.2, 0.25) is 0 Å². The van der Waals surface area contributed by atoms with Gasteiger partial charge in [0.1, 0.15) is 5.03 Å². The number of benzene rings is 1. The second-order valence-electron chi connectivity index (χ2n) is 4.19. The van der Waals surface area contributed by atoms with Crippen LogP contribution >= 0.6 is 11.8 Å². The molecule has 4 aromatic rings. The number of fused-ring (bicyclic) bond motifs is 1. The Balaban J connectivity index is 1.62. The van der Waals surface area contributed by atoms with E-state index in [4.69, 9.17) is 0 Å². The Labute approximate surface area is 118 Å². The highest BCUT2D eigenvalue weighted by Crippen LogP contribution is 2.26. The Morgan fingerprint density at radius 1 is 1.00 bits per heavy atom. The third-order valence-corrected chi connectivity index (χ3v) is 3.65. The van der Waals surface area contributed by atoms with Crippen molar-refractivity contribution < 1.29 is 0 Å². The third-order valence-electron chi connectivity index (χ3n) is 2.85. The number of hydrogen-bond donors (Lipinski definition) is 3. The quantitative estimate of drug-likeness (QED) is 0.539. The van der Waals surface area contributed by atoms with Crippen molar-refractivity contribution in [1.29, 1.82) is 0 Å². The minimum Gasteiger partial charge on any atom is -0.342 e. The van der Waals surface area contributed by atoms with E-state index < -0.39 is 0 Å². The van der Waals surface area contributed by atoms with Gasteiger partial charge in [-0.25, -0.2) is 15.0 Å². The molecule has 0 fully saturated rings. The van der Waals surface area contributed by atoms with Gasteiger partial charge in [0.2, 0.25) is 0 Å². The highest BCUT2D eigenvalue weighted by atomic mass is 32.2. The molecule has 4 rings (SSSR count). The van der Waals surface area contributed by atoms with Crippen molar-refractivity contribution >= 4 is 22.8 Å². The van der Waals surface area contributed by atoms with Gasteiger partial charge in [-0.05, 0) is 23.9 Å². The molecule has 1 aromatic carbocycles. The zero-order valence-corrected chi connectivity index (χ0v) is 11.1. The van der Waals surface area contributed by atoms with Gasteiger partial charge in [0, 0.05) is 18.6 Å². The molecule has 3 heterocycles. The average Bonchev–Trinajstić information content (AvgIpc) is 3.18. The van der Waals surface area contributed by atoms with Crippen molar-refractivity contribution in [3.8, 4) is 11.6 Å². The minimum absolute atomic E-state index is 0.716. The van der Waals surface area contributed by atoms with E-state index in [1.54, 1.807) is 12.4 Å². The second kappa shape index (κ2) is 4.53. The van der Waals surface area contributed by atoms with Crippen LogP contribution < -0.4 is 0 Å². The van der Waals surface area contributed by atoms with Gasteiger partial charge in [-0.15, -0.1) is 0 Å². The number of aromatic amines is 3. The van der Waals surface area contributed by atoms with Crippen LogP contribution in [0.25, 0.3) is 22.7 Å². The molecule has 3 aromatic heterocycles. The van der Waals surface area contributed by atoms with Gasteiger partial charge in [0.15, 0.2) is 16.8 Å². The Morgan fingerprint density at radius 2 is 1.95 bits per heavy atom. The molecule has 0 atom stereocenters. The smallest absolute Gasteiger partial charge is 0.174 e.